The van der Waals surface area contributed by atoms with Crippen LogP contribution in [0.5, 0.6) is 0 Å². The number of amides is 1. The van der Waals surface area contributed by atoms with Gasteiger partial charge in [-0.15, -0.1) is 0 Å². The van der Waals surface area contributed by atoms with Gasteiger partial charge in [0.2, 0.25) is 5.91 Å². The van der Waals surface area contributed by atoms with Crippen LogP contribution in [0.1, 0.15) is 25.8 Å². The van der Waals surface area contributed by atoms with Crippen molar-refractivity contribution in [2.45, 2.75) is 27.2 Å². The van der Waals surface area contributed by atoms with Crippen molar-refractivity contribution in [1.29, 1.82) is 0 Å². The number of anilines is 1. The molecular formula is C14H21N3O3. The van der Waals surface area contributed by atoms with Crippen LogP contribution in [-0.2, 0) is 4.79 Å². The number of carbonyl (C=O) groups is 1. The molecule has 0 unspecified atom stereocenters. The van der Waals surface area contributed by atoms with Crippen LogP contribution < -0.4 is 5.32 Å². The van der Waals surface area contributed by atoms with E-state index in [1.807, 2.05) is 13.8 Å². The highest BCUT2D eigenvalue weighted by atomic mass is 16.6. The van der Waals surface area contributed by atoms with Gasteiger partial charge in [-0.3, -0.25) is 14.9 Å². The van der Waals surface area contributed by atoms with Crippen LogP contribution in [0.2, 0.25) is 0 Å². The summed E-state index contributed by atoms with van der Waals surface area (Å²) in [4.78, 5) is 24.2. The quantitative estimate of drug-likeness (QED) is 0.615. The Morgan fingerprint density at radius 2 is 2.00 bits per heavy atom. The van der Waals surface area contributed by atoms with E-state index in [-0.39, 0.29) is 11.6 Å². The van der Waals surface area contributed by atoms with Crippen molar-refractivity contribution >= 4 is 17.3 Å². The summed E-state index contributed by atoms with van der Waals surface area (Å²) in [7, 11) is 0. The highest BCUT2D eigenvalue weighted by Crippen LogP contribution is 2.27. The molecule has 6 nitrogen and oxygen atoms in total. The Morgan fingerprint density at radius 1 is 1.35 bits per heavy atom. The number of nitro benzene ring substituents is 1. The molecule has 0 saturated heterocycles. The fourth-order valence-electron chi connectivity index (χ4n) is 2.08. The van der Waals surface area contributed by atoms with Gasteiger partial charge in [0, 0.05) is 31.6 Å². The number of hydrogen-bond acceptors (Lipinski definition) is 4. The van der Waals surface area contributed by atoms with Gasteiger partial charge in [-0.2, -0.15) is 0 Å². The molecule has 0 atom stereocenters. The molecule has 0 fully saturated rings. The summed E-state index contributed by atoms with van der Waals surface area (Å²) >= 11 is 0. The minimum Gasteiger partial charge on any atom is -0.379 e. The summed E-state index contributed by atoms with van der Waals surface area (Å²) in [5.41, 5.74) is 1.14. The highest BCUT2D eigenvalue weighted by molar-refractivity contribution is 5.77. The van der Waals surface area contributed by atoms with Crippen LogP contribution in [0.3, 0.4) is 0 Å². The van der Waals surface area contributed by atoms with Crippen LogP contribution in [0.4, 0.5) is 11.4 Å². The third kappa shape index (κ3) is 3.94. The molecule has 6 heteroatoms. The second kappa shape index (κ2) is 7.47. The summed E-state index contributed by atoms with van der Waals surface area (Å²) in [6, 6.07) is 5.12. The second-order valence-electron chi connectivity index (χ2n) is 4.47. The number of nitro groups is 1. The lowest BCUT2D eigenvalue weighted by molar-refractivity contribution is -0.384. The smallest absolute Gasteiger partial charge is 0.295 e. The molecule has 0 heterocycles. The zero-order chi connectivity index (χ0) is 15.1. The molecule has 1 amide bonds. The molecule has 0 saturated carbocycles. The number of nitrogens with one attached hydrogen (secondary N) is 1. The minimum atomic E-state index is -0.399. The van der Waals surface area contributed by atoms with E-state index in [9.17, 15) is 14.9 Å². The lowest BCUT2D eigenvalue weighted by Gasteiger charge is -2.18. The number of para-hydroxylation sites is 1. The molecular weight excluding hydrogens is 258 g/mol. The van der Waals surface area contributed by atoms with E-state index in [1.165, 1.54) is 0 Å². The fraction of sp³-hybridized carbons (Fsp3) is 0.500. The summed E-state index contributed by atoms with van der Waals surface area (Å²) < 4.78 is 0. The first kappa shape index (κ1) is 15.9. The molecule has 0 aromatic heterocycles. The molecule has 20 heavy (non-hydrogen) atoms. The topological polar surface area (TPSA) is 75.5 Å². The van der Waals surface area contributed by atoms with Crippen molar-refractivity contribution in [2.24, 2.45) is 0 Å². The van der Waals surface area contributed by atoms with Gasteiger partial charge >= 0.3 is 0 Å². The summed E-state index contributed by atoms with van der Waals surface area (Å²) in [6.45, 7) is 7.31. The van der Waals surface area contributed by atoms with Gasteiger partial charge in [0.15, 0.2) is 0 Å². The molecule has 0 radical (unpaired) electrons. The van der Waals surface area contributed by atoms with Gasteiger partial charge < -0.3 is 10.2 Å². The van der Waals surface area contributed by atoms with Crippen LogP contribution >= 0.6 is 0 Å². The number of carbonyl (C=O) groups excluding carboxylic acids is 1. The summed E-state index contributed by atoms with van der Waals surface area (Å²) in [5, 5.41) is 14.0. The average Bonchev–Trinajstić information content (AvgIpc) is 2.39. The van der Waals surface area contributed by atoms with Crippen LogP contribution in [-0.4, -0.2) is 35.4 Å². The Bertz CT molecular complexity index is 485. The van der Waals surface area contributed by atoms with Gasteiger partial charge in [0.1, 0.15) is 5.69 Å². The van der Waals surface area contributed by atoms with Gasteiger partial charge in [0.05, 0.1) is 4.92 Å². The molecule has 1 rings (SSSR count). The number of rotatable bonds is 7. The van der Waals surface area contributed by atoms with Crippen molar-refractivity contribution in [3.05, 3.63) is 33.9 Å². The number of benzene rings is 1. The molecule has 0 aliphatic heterocycles. The van der Waals surface area contributed by atoms with E-state index < -0.39 is 4.92 Å². The van der Waals surface area contributed by atoms with E-state index in [0.717, 1.165) is 0 Å². The Labute approximate surface area is 118 Å². The lowest BCUT2D eigenvalue weighted by Crippen LogP contribution is -2.31. The molecule has 1 N–H and O–H groups in total. The largest absolute Gasteiger partial charge is 0.379 e. The van der Waals surface area contributed by atoms with E-state index in [0.29, 0.717) is 37.3 Å². The maximum atomic E-state index is 11.8. The Kier molecular flexibility index (Phi) is 5.96. The zero-order valence-electron chi connectivity index (χ0n) is 12.2. The number of hydrogen-bond donors (Lipinski definition) is 1. The van der Waals surface area contributed by atoms with Crippen molar-refractivity contribution in [3.8, 4) is 0 Å². The van der Waals surface area contributed by atoms with Crippen molar-refractivity contribution in [2.75, 3.05) is 25.0 Å². The first-order valence-corrected chi connectivity index (χ1v) is 6.76. The molecule has 1 aromatic rings. The van der Waals surface area contributed by atoms with Gasteiger partial charge in [0.25, 0.3) is 5.69 Å². The second-order valence-corrected chi connectivity index (χ2v) is 4.47. The van der Waals surface area contributed by atoms with Gasteiger partial charge in [-0.25, -0.2) is 0 Å². The molecule has 0 bridgehead atoms. The minimum absolute atomic E-state index is 0.0535. The Morgan fingerprint density at radius 3 is 2.55 bits per heavy atom. The van der Waals surface area contributed by atoms with Gasteiger partial charge in [-0.05, 0) is 26.8 Å². The number of nitrogens with zero attached hydrogens (tertiary/aromatic N) is 2. The maximum Gasteiger partial charge on any atom is 0.295 e. The first-order valence-electron chi connectivity index (χ1n) is 6.76. The van der Waals surface area contributed by atoms with Crippen LogP contribution in [0.25, 0.3) is 0 Å². The van der Waals surface area contributed by atoms with E-state index in [1.54, 1.807) is 30.0 Å². The third-order valence-electron chi connectivity index (χ3n) is 3.19. The zero-order valence-corrected chi connectivity index (χ0v) is 12.2. The molecule has 0 aliphatic carbocycles. The maximum absolute atomic E-state index is 11.8. The highest BCUT2D eigenvalue weighted by Gasteiger charge is 2.17. The van der Waals surface area contributed by atoms with Gasteiger partial charge in [-0.1, -0.05) is 12.1 Å². The summed E-state index contributed by atoms with van der Waals surface area (Å²) in [6.07, 6.45) is 0.326. The Hall–Kier alpha value is -2.11. The summed E-state index contributed by atoms with van der Waals surface area (Å²) in [5.74, 6) is 0.0535. The van der Waals surface area contributed by atoms with E-state index >= 15 is 0 Å². The van der Waals surface area contributed by atoms with Crippen LogP contribution in [0, 0.1) is 17.0 Å². The van der Waals surface area contributed by atoms with Crippen molar-refractivity contribution in [3.63, 3.8) is 0 Å². The lowest BCUT2D eigenvalue weighted by atomic mass is 10.1. The molecule has 1 aromatic carbocycles. The predicted molar refractivity (Wildman–Crippen MR) is 78.9 cm³/mol. The molecule has 0 spiro atoms. The van der Waals surface area contributed by atoms with Crippen LogP contribution in [0.15, 0.2) is 18.2 Å². The monoisotopic (exact) mass is 279 g/mol. The fourth-order valence-corrected chi connectivity index (χ4v) is 2.08. The predicted octanol–water partition coefficient (Wildman–Crippen LogP) is 2.57. The SMILES string of the molecule is CCN(CC)C(=O)CCNc1cccc(C)c1[N+](=O)[O-]. The standard InChI is InChI=1S/C14H21N3O3/c1-4-16(5-2)13(18)9-10-15-12-8-6-7-11(3)14(12)17(19)20/h6-8,15H,4-5,9-10H2,1-3H3. The van der Waals surface area contributed by atoms with Crippen molar-refractivity contribution in [1.82, 2.24) is 4.90 Å². The molecule has 0 aliphatic rings. The molecule has 110 valence electrons. The first-order chi connectivity index (χ1) is 9.51. The normalized spacial score (nSPS) is 10.2. The third-order valence-corrected chi connectivity index (χ3v) is 3.19. The van der Waals surface area contributed by atoms with E-state index in [4.69, 9.17) is 0 Å². The average molecular weight is 279 g/mol. The Balaban J connectivity index is 2.65. The van der Waals surface area contributed by atoms with E-state index in [2.05, 4.69) is 5.32 Å². The van der Waals surface area contributed by atoms with Crippen molar-refractivity contribution < 1.29 is 9.72 Å². The number of aryl methyl sites for hydroxylation is 1.